The van der Waals surface area contributed by atoms with Gasteiger partial charge in [0, 0.05) is 5.41 Å². The van der Waals surface area contributed by atoms with Gasteiger partial charge in [0.2, 0.25) is 0 Å². The summed E-state index contributed by atoms with van der Waals surface area (Å²) in [6.45, 7) is -0.0469. The Labute approximate surface area is 95.8 Å². The van der Waals surface area contributed by atoms with Crippen molar-refractivity contribution in [1.29, 1.82) is 0 Å². The molecule has 0 radical (unpaired) electrons. The van der Waals surface area contributed by atoms with Gasteiger partial charge in [-0.05, 0) is 30.5 Å². The number of benzene rings is 1. The van der Waals surface area contributed by atoms with Crippen LogP contribution in [-0.4, -0.2) is 11.7 Å². The summed E-state index contributed by atoms with van der Waals surface area (Å²) in [5, 5.41) is 8.86. The Bertz CT molecular complexity index is 410. The van der Waals surface area contributed by atoms with Crippen LogP contribution in [0.4, 0.5) is 13.2 Å². The lowest BCUT2D eigenvalue weighted by atomic mass is 9.96. The summed E-state index contributed by atoms with van der Waals surface area (Å²) in [5.41, 5.74) is -0.493. The van der Waals surface area contributed by atoms with Crippen molar-refractivity contribution in [3.63, 3.8) is 0 Å². The van der Waals surface area contributed by atoms with Crippen LogP contribution in [0.1, 0.15) is 24.0 Å². The second-order valence-corrected chi connectivity index (χ2v) is 4.54. The molecule has 1 nitrogen and oxygen atoms in total. The van der Waals surface area contributed by atoms with Crippen LogP contribution < -0.4 is 0 Å². The van der Waals surface area contributed by atoms with Crippen molar-refractivity contribution in [3.8, 4) is 0 Å². The molecule has 1 aliphatic rings. The summed E-state index contributed by atoms with van der Waals surface area (Å²) in [7, 11) is 0. The molecule has 0 aromatic heterocycles. The Balaban J connectivity index is 2.37. The second kappa shape index (κ2) is 3.64. The maximum Gasteiger partial charge on any atom is 0.417 e. The third-order valence-corrected chi connectivity index (χ3v) is 3.36. The number of rotatable bonds is 2. The van der Waals surface area contributed by atoms with E-state index in [9.17, 15) is 13.2 Å². The van der Waals surface area contributed by atoms with Crippen molar-refractivity contribution in [1.82, 2.24) is 0 Å². The normalized spacial score (nSPS) is 18.6. The van der Waals surface area contributed by atoms with E-state index >= 15 is 0 Å². The van der Waals surface area contributed by atoms with Crippen molar-refractivity contribution in [2.75, 3.05) is 6.61 Å². The molecule has 0 bridgehead atoms. The van der Waals surface area contributed by atoms with E-state index in [-0.39, 0.29) is 17.0 Å². The molecule has 1 aromatic carbocycles. The molecular formula is C11H10ClF3O. The zero-order chi connectivity index (χ0) is 12.0. The van der Waals surface area contributed by atoms with Crippen LogP contribution in [0.5, 0.6) is 0 Å². The first-order valence-corrected chi connectivity index (χ1v) is 5.25. The van der Waals surface area contributed by atoms with E-state index in [1.54, 1.807) is 0 Å². The maximum atomic E-state index is 12.4. The Kier molecular flexibility index (Phi) is 2.67. The lowest BCUT2D eigenvalue weighted by molar-refractivity contribution is -0.137. The van der Waals surface area contributed by atoms with Crippen LogP contribution in [0.15, 0.2) is 18.2 Å². The van der Waals surface area contributed by atoms with E-state index < -0.39 is 11.7 Å². The van der Waals surface area contributed by atoms with Gasteiger partial charge in [0.05, 0.1) is 17.2 Å². The van der Waals surface area contributed by atoms with Gasteiger partial charge in [-0.2, -0.15) is 13.2 Å². The van der Waals surface area contributed by atoms with Crippen molar-refractivity contribution in [3.05, 3.63) is 34.3 Å². The molecule has 1 fully saturated rings. The highest BCUT2D eigenvalue weighted by Gasteiger charge is 2.44. The Morgan fingerprint density at radius 3 is 2.31 bits per heavy atom. The fourth-order valence-electron chi connectivity index (χ4n) is 1.76. The summed E-state index contributed by atoms with van der Waals surface area (Å²) >= 11 is 5.60. The molecule has 0 saturated heterocycles. The van der Waals surface area contributed by atoms with E-state index in [0.29, 0.717) is 5.56 Å². The lowest BCUT2D eigenvalue weighted by Gasteiger charge is -2.15. The minimum absolute atomic E-state index is 0.0469. The predicted octanol–water partition coefficient (Wildman–Crippen LogP) is 3.38. The lowest BCUT2D eigenvalue weighted by Crippen LogP contribution is -2.13. The van der Waals surface area contributed by atoms with Gasteiger partial charge in [-0.3, -0.25) is 0 Å². The Morgan fingerprint density at radius 2 is 1.94 bits per heavy atom. The highest BCUT2D eigenvalue weighted by atomic mass is 35.5. The molecule has 1 N–H and O–H groups in total. The molecule has 0 spiro atoms. The number of hydrogen-bond donors (Lipinski definition) is 1. The molecular weight excluding hydrogens is 241 g/mol. The van der Waals surface area contributed by atoms with Gasteiger partial charge in [0.1, 0.15) is 0 Å². The smallest absolute Gasteiger partial charge is 0.395 e. The molecule has 88 valence electrons. The summed E-state index contributed by atoms with van der Waals surface area (Å²) in [4.78, 5) is 0. The topological polar surface area (TPSA) is 20.2 Å². The van der Waals surface area contributed by atoms with Crippen molar-refractivity contribution in [2.24, 2.45) is 0 Å². The number of aliphatic hydroxyl groups is 1. The standard InChI is InChI=1S/C11H10ClF3O/c12-9-5-7(10(6-16)3-4-10)1-2-8(9)11(13,14)15/h1-2,5,16H,3-4,6H2. The highest BCUT2D eigenvalue weighted by molar-refractivity contribution is 6.31. The SMILES string of the molecule is OCC1(c2ccc(C(F)(F)F)c(Cl)c2)CC1. The number of alkyl halides is 3. The third kappa shape index (κ3) is 1.92. The van der Waals surface area contributed by atoms with Crippen LogP contribution in [0, 0.1) is 0 Å². The van der Waals surface area contributed by atoms with Gasteiger partial charge in [0.25, 0.3) is 0 Å². The fraction of sp³-hybridized carbons (Fsp3) is 0.455. The van der Waals surface area contributed by atoms with E-state index in [0.717, 1.165) is 18.9 Å². The van der Waals surface area contributed by atoms with Gasteiger partial charge in [0.15, 0.2) is 0 Å². The van der Waals surface area contributed by atoms with Crippen LogP contribution in [0.3, 0.4) is 0 Å². The van der Waals surface area contributed by atoms with Gasteiger partial charge in [-0.15, -0.1) is 0 Å². The van der Waals surface area contributed by atoms with Gasteiger partial charge in [-0.1, -0.05) is 17.7 Å². The molecule has 0 unspecified atom stereocenters. The van der Waals surface area contributed by atoms with Crippen LogP contribution in [0.25, 0.3) is 0 Å². The van der Waals surface area contributed by atoms with Crippen molar-refractivity contribution >= 4 is 11.6 Å². The molecule has 0 amide bonds. The highest BCUT2D eigenvalue weighted by Crippen LogP contribution is 2.49. The van der Waals surface area contributed by atoms with E-state index in [1.807, 2.05) is 0 Å². The van der Waals surface area contributed by atoms with E-state index in [1.165, 1.54) is 12.1 Å². The average Bonchev–Trinajstić information content (AvgIpc) is 2.96. The van der Waals surface area contributed by atoms with Crippen LogP contribution in [0.2, 0.25) is 5.02 Å². The number of aliphatic hydroxyl groups excluding tert-OH is 1. The van der Waals surface area contributed by atoms with Crippen molar-refractivity contribution in [2.45, 2.75) is 24.4 Å². The molecule has 1 aliphatic carbocycles. The molecule has 0 aliphatic heterocycles. The summed E-state index contributed by atoms with van der Waals surface area (Å²) in [5.74, 6) is 0. The quantitative estimate of drug-likeness (QED) is 0.853. The average molecular weight is 251 g/mol. The molecule has 1 aromatic rings. The Morgan fingerprint density at radius 1 is 1.31 bits per heavy atom. The Hall–Kier alpha value is -0.740. The second-order valence-electron chi connectivity index (χ2n) is 4.13. The molecule has 16 heavy (non-hydrogen) atoms. The first-order valence-electron chi connectivity index (χ1n) is 4.87. The van der Waals surface area contributed by atoms with Crippen LogP contribution >= 0.6 is 11.6 Å². The molecule has 5 heteroatoms. The monoisotopic (exact) mass is 250 g/mol. The molecule has 2 rings (SSSR count). The van der Waals surface area contributed by atoms with E-state index in [4.69, 9.17) is 16.7 Å². The fourth-order valence-corrected chi connectivity index (χ4v) is 2.05. The van der Waals surface area contributed by atoms with E-state index in [2.05, 4.69) is 0 Å². The minimum atomic E-state index is -4.43. The first kappa shape index (κ1) is 11.7. The van der Waals surface area contributed by atoms with Gasteiger partial charge < -0.3 is 5.11 Å². The third-order valence-electron chi connectivity index (χ3n) is 3.04. The molecule has 0 heterocycles. The summed E-state index contributed by atoms with van der Waals surface area (Å²) in [6, 6.07) is 3.69. The molecule has 0 atom stereocenters. The number of halogens is 4. The zero-order valence-corrected chi connectivity index (χ0v) is 9.07. The maximum absolute atomic E-state index is 12.4. The van der Waals surface area contributed by atoms with Crippen LogP contribution in [-0.2, 0) is 11.6 Å². The summed E-state index contributed by atoms with van der Waals surface area (Å²) in [6.07, 6.45) is -2.83. The zero-order valence-electron chi connectivity index (χ0n) is 8.31. The van der Waals surface area contributed by atoms with Gasteiger partial charge >= 0.3 is 6.18 Å². The number of hydrogen-bond acceptors (Lipinski definition) is 1. The summed E-state index contributed by atoms with van der Waals surface area (Å²) < 4.78 is 37.3. The minimum Gasteiger partial charge on any atom is -0.395 e. The van der Waals surface area contributed by atoms with Gasteiger partial charge in [-0.25, -0.2) is 0 Å². The largest absolute Gasteiger partial charge is 0.417 e. The predicted molar refractivity (Wildman–Crippen MR) is 54.5 cm³/mol. The first-order chi connectivity index (χ1) is 7.39. The molecule has 1 saturated carbocycles. The van der Waals surface area contributed by atoms with Crippen molar-refractivity contribution < 1.29 is 18.3 Å².